The number of hydrazine groups is 1. The Bertz CT molecular complexity index is 322. The van der Waals surface area contributed by atoms with Crippen LogP contribution in [0.3, 0.4) is 0 Å². The van der Waals surface area contributed by atoms with Crippen LogP contribution in [0, 0.1) is 19.8 Å². The van der Waals surface area contributed by atoms with Gasteiger partial charge in [0.2, 0.25) is 0 Å². The van der Waals surface area contributed by atoms with Gasteiger partial charge in [0.1, 0.15) is 0 Å². The van der Waals surface area contributed by atoms with E-state index in [9.17, 15) is 0 Å². The molecule has 0 aliphatic rings. The quantitative estimate of drug-likeness (QED) is 0.594. The highest BCUT2D eigenvalue weighted by Gasteiger charge is 2.18. The molecule has 1 heterocycles. The number of nitrogens with one attached hydrogen (secondary N) is 1. The van der Waals surface area contributed by atoms with Crippen LogP contribution in [0.25, 0.3) is 0 Å². The smallest absolute Gasteiger partial charge is 0.0900 e. The van der Waals surface area contributed by atoms with Gasteiger partial charge in [0.15, 0.2) is 0 Å². The van der Waals surface area contributed by atoms with Crippen molar-refractivity contribution in [3.05, 3.63) is 15.6 Å². The van der Waals surface area contributed by atoms with E-state index < -0.39 is 0 Å². The van der Waals surface area contributed by atoms with Gasteiger partial charge in [-0.3, -0.25) is 11.3 Å². The predicted octanol–water partition coefficient (Wildman–Crippen LogP) is 3.09. The number of aryl methyl sites for hydroxylation is 2. The monoisotopic (exact) mass is 241 g/mol. The molecule has 0 fully saturated rings. The van der Waals surface area contributed by atoms with E-state index in [1.165, 1.54) is 17.7 Å². The molecule has 0 spiro atoms. The maximum atomic E-state index is 5.66. The average Bonchev–Trinajstić information content (AvgIpc) is 2.55. The van der Waals surface area contributed by atoms with Crippen LogP contribution in [0.5, 0.6) is 0 Å². The van der Waals surface area contributed by atoms with Crippen molar-refractivity contribution >= 4 is 11.3 Å². The highest BCUT2D eigenvalue weighted by atomic mass is 32.1. The van der Waals surface area contributed by atoms with Crippen molar-refractivity contribution in [1.29, 1.82) is 0 Å². The summed E-state index contributed by atoms with van der Waals surface area (Å²) in [5.74, 6) is 6.36. The summed E-state index contributed by atoms with van der Waals surface area (Å²) >= 11 is 1.75. The maximum Gasteiger partial charge on any atom is 0.0900 e. The van der Waals surface area contributed by atoms with Crippen molar-refractivity contribution in [2.24, 2.45) is 11.8 Å². The fourth-order valence-corrected chi connectivity index (χ4v) is 3.13. The fraction of sp³-hybridized carbons (Fsp3) is 0.750. The number of hydrogen-bond acceptors (Lipinski definition) is 4. The van der Waals surface area contributed by atoms with E-state index in [4.69, 9.17) is 5.84 Å². The molecule has 0 aromatic carbocycles. The maximum absolute atomic E-state index is 5.66. The standard InChI is InChI=1S/C12H23N3S/c1-5-6-8(2)7-11(15-13)12-9(3)14-10(4)16-12/h8,11,15H,5-7,13H2,1-4H3. The van der Waals surface area contributed by atoms with Gasteiger partial charge in [-0.05, 0) is 26.2 Å². The summed E-state index contributed by atoms with van der Waals surface area (Å²) in [4.78, 5) is 5.75. The molecule has 0 saturated carbocycles. The summed E-state index contributed by atoms with van der Waals surface area (Å²) in [6, 6.07) is 0.257. The van der Waals surface area contributed by atoms with E-state index in [2.05, 4.69) is 31.2 Å². The summed E-state index contributed by atoms with van der Waals surface area (Å²) in [6.07, 6.45) is 3.58. The second-order valence-electron chi connectivity index (χ2n) is 4.53. The van der Waals surface area contributed by atoms with Gasteiger partial charge >= 0.3 is 0 Å². The summed E-state index contributed by atoms with van der Waals surface area (Å²) < 4.78 is 0. The first-order valence-corrected chi connectivity index (χ1v) is 6.80. The van der Waals surface area contributed by atoms with Crippen LogP contribution in [0.15, 0.2) is 0 Å². The normalized spacial score (nSPS) is 15.1. The molecule has 1 rings (SSSR count). The molecule has 3 N–H and O–H groups in total. The molecule has 0 amide bonds. The molecule has 1 aromatic heterocycles. The topological polar surface area (TPSA) is 50.9 Å². The largest absolute Gasteiger partial charge is 0.271 e. The van der Waals surface area contributed by atoms with Crippen molar-refractivity contribution in [3.63, 3.8) is 0 Å². The number of rotatable bonds is 6. The molecule has 4 heteroatoms. The Morgan fingerprint density at radius 3 is 2.56 bits per heavy atom. The second-order valence-corrected chi connectivity index (χ2v) is 5.77. The first-order valence-electron chi connectivity index (χ1n) is 5.98. The van der Waals surface area contributed by atoms with Crippen LogP contribution in [-0.2, 0) is 0 Å². The van der Waals surface area contributed by atoms with Crippen LogP contribution in [0.2, 0.25) is 0 Å². The number of nitrogens with two attached hydrogens (primary N) is 1. The Hall–Kier alpha value is -0.450. The molecule has 16 heavy (non-hydrogen) atoms. The van der Waals surface area contributed by atoms with Crippen molar-refractivity contribution in [2.45, 2.75) is 53.0 Å². The lowest BCUT2D eigenvalue weighted by atomic mass is 9.96. The van der Waals surface area contributed by atoms with Gasteiger partial charge in [0, 0.05) is 4.88 Å². The third-order valence-corrected chi connectivity index (χ3v) is 4.06. The number of aromatic nitrogens is 1. The SMILES string of the molecule is CCCC(C)CC(NN)c1sc(C)nc1C. The summed E-state index contributed by atoms with van der Waals surface area (Å²) in [7, 11) is 0. The summed E-state index contributed by atoms with van der Waals surface area (Å²) in [5, 5.41) is 1.12. The van der Waals surface area contributed by atoms with Gasteiger partial charge in [-0.25, -0.2) is 4.98 Å². The molecule has 0 aliphatic heterocycles. The lowest BCUT2D eigenvalue weighted by Gasteiger charge is -2.19. The van der Waals surface area contributed by atoms with Crippen LogP contribution >= 0.6 is 11.3 Å². The van der Waals surface area contributed by atoms with E-state index in [1.54, 1.807) is 11.3 Å². The minimum absolute atomic E-state index is 0.257. The first-order chi connectivity index (χ1) is 7.58. The molecule has 1 aromatic rings. The van der Waals surface area contributed by atoms with Crippen molar-refractivity contribution in [1.82, 2.24) is 10.4 Å². The molecule has 0 bridgehead atoms. The zero-order chi connectivity index (χ0) is 12.1. The third-order valence-electron chi connectivity index (χ3n) is 2.88. The van der Waals surface area contributed by atoms with E-state index in [0.717, 1.165) is 17.1 Å². The van der Waals surface area contributed by atoms with Crippen molar-refractivity contribution in [2.75, 3.05) is 0 Å². The lowest BCUT2D eigenvalue weighted by molar-refractivity contribution is 0.397. The highest BCUT2D eigenvalue weighted by molar-refractivity contribution is 7.11. The van der Waals surface area contributed by atoms with Gasteiger partial charge < -0.3 is 0 Å². The van der Waals surface area contributed by atoms with Gasteiger partial charge in [-0.1, -0.05) is 26.7 Å². The van der Waals surface area contributed by atoms with E-state index >= 15 is 0 Å². The second kappa shape index (κ2) is 6.33. The zero-order valence-electron chi connectivity index (χ0n) is 10.7. The first kappa shape index (κ1) is 13.6. The molecule has 2 unspecified atom stereocenters. The Kier molecular flexibility index (Phi) is 5.38. The van der Waals surface area contributed by atoms with Crippen LogP contribution in [0.4, 0.5) is 0 Å². The van der Waals surface area contributed by atoms with Crippen LogP contribution < -0.4 is 11.3 Å². The molecular formula is C12H23N3S. The van der Waals surface area contributed by atoms with Crippen molar-refractivity contribution in [3.8, 4) is 0 Å². The van der Waals surface area contributed by atoms with Crippen molar-refractivity contribution < 1.29 is 0 Å². The minimum atomic E-state index is 0.257. The van der Waals surface area contributed by atoms with E-state index in [-0.39, 0.29) is 6.04 Å². The zero-order valence-corrected chi connectivity index (χ0v) is 11.5. The Labute approximate surface area is 102 Å². The number of thiazole rings is 1. The Morgan fingerprint density at radius 1 is 1.44 bits per heavy atom. The van der Waals surface area contributed by atoms with Gasteiger partial charge in [0.05, 0.1) is 16.7 Å². The number of hydrogen-bond donors (Lipinski definition) is 2. The Morgan fingerprint density at radius 2 is 2.12 bits per heavy atom. The molecule has 3 nitrogen and oxygen atoms in total. The lowest BCUT2D eigenvalue weighted by Crippen LogP contribution is -2.29. The van der Waals surface area contributed by atoms with Gasteiger partial charge in [-0.15, -0.1) is 11.3 Å². The van der Waals surface area contributed by atoms with Crippen LogP contribution in [0.1, 0.15) is 54.7 Å². The van der Waals surface area contributed by atoms with E-state index in [0.29, 0.717) is 5.92 Å². The highest BCUT2D eigenvalue weighted by Crippen LogP contribution is 2.29. The molecule has 0 aliphatic carbocycles. The molecular weight excluding hydrogens is 218 g/mol. The predicted molar refractivity (Wildman–Crippen MR) is 70.3 cm³/mol. The minimum Gasteiger partial charge on any atom is -0.271 e. The fourth-order valence-electron chi connectivity index (χ4n) is 2.13. The molecule has 0 radical (unpaired) electrons. The molecule has 2 atom stereocenters. The third kappa shape index (κ3) is 3.54. The number of nitrogens with zero attached hydrogens (tertiary/aromatic N) is 1. The summed E-state index contributed by atoms with van der Waals surface area (Å²) in [5.41, 5.74) is 4.05. The van der Waals surface area contributed by atoms with Gasteiger partial charge in [0.25, 0.3) is 0 Å². The van der Waals surface area contributed by atoms with Crippen LogP contribution in [-0.4, -0.2) is 4.98 Å². The average molecular weight is 241 g/mol. The Balaban J connectivity index is 2.70. The molecule has 0 saturated heterocycles. The van der Waals surface area contributed by atoms with E-state index in [1.807, 2.05) is 6.92 Å². The van der Waals surface area contributed by atoms with Gasteiger partial charge in [-0.2, -0.15) is 0 Å². The molecule has 92 valence electrons. The summed E-state index contributed by atoms with van der Waals surface area (Å²) in [6.45, 7) is 8.62.